The fourth-order valence-corrected chi connectivity index (χ4v) is 2.38. The van der Waals surface area contributed by atoms with Crippen molar-refractivity contribution in [3.8, 4) is 0 Å². The van der Waals surface area contributed by atoms with E-state index in [1.807, 2.05) is 4.68 Å². The second kappa shape index (κ2) is 3.16. The third-order valence-electron chi connectivity index (χ3n) is 3.08. The van der Waals surface area contributed by atoms with Gasteiger partial charge in [-0.3, -0.25) is 0 Å². The van der Waals surface area contributed by atoms with Crippen molar-refractivity contribution >= 4 is 17.4 Å². The number of nitrogens with zero attached hydrogens (tertiary/aromatic N) is 2. The number of anilines is 1. The highest BCUT2D eigenvalue weighted by molar-refractivity contribution is 6.32. The van der Waals surface area contributed by atoms with E-state index in [9.17, 15) is 0 Å². The van der Waals surface area contributed by atoms with E-state index in [0.717, 1.165) is 12.8 Å². The Kier molecular flexibility index (Phi) is 2.22. The standard InChI is InChI=1S/C10H16ClN3/c1-10(2)4-3-7(5-10)14-9(12)8(11)6-13-14/h6-7H,3-5,12H2,1-2H3. The third-order valence-corrected chi connectivity index (χ3v) is 3.37. The SMILES string of the molecule is CC1(C)CCC(n2ncc(Cl)c2N)C1. The van der Waals surface area contributed by atoms with Crippen LogP contribution in [-0.2, 0) is 0 Å². The number of aromatic nitrogens is 2. The van der Waals surface area contributed by atoms with Crippen molar-refractivity contribution in [3.63, 3.8) is 0 Å². The highest BCUT2D eigenvalue weighted by atomic mass is 35.5. The fraction of sp³-hybridized carbons (Fsp3) is 0.700. The summed E-state index contributed by atoms with van der Waals surface area (Å²) < 4.78 is 1.87. The Labute approximate surface area is 89.2 Å². The molecule has 1 saturated carbocycles. The molecule has 2 rings (SSSR count). The van der Waals surface area contributed by atoms with Gasteiger partial charge in [0.1, 0.15) is 10.8 Å². The van der Waals surface area contributed by atoms with Gasteiger partial charge in [-0.25, -0.2) is 4.68 Å². The molecule has 4 heteroatoms. The molecule has 0 bridgehead atoms. The van der Waals surface area contributed by atoms with Crippen LogP contribution in [0.15, 0.2) is 6.20 Å². The summed E-state index contributed by atoms with van der Waals surface area (Å²) in [6.45, 7) is 4.57. The fourth-order valence-electron chi connectivity index (χ4n) is 2.25. The molecule has 0 radical (unpaired) electrons. The maximum Gasteiger partial charge on any atom is 0.140 e. The van der Waals surface area contributed by atoms with Gasteiger partial charge in [0.2, 0.25) is 0 Å². The number of hydrogen-bond acceptors (Lipinski definition) is 2. The quantitative estimate of drug-likeness (QED) is 0.780. The Morgan fingerprint density at radius 2 is 2.36 bits per heavy atom. The lowest BCUT2D eigenvalue weighted by atomic mass is 9.92. The average molecular weight is 214 g/mol. The van der Waals surface area contributed by atoms with Gasteiger partial charge in [-0.15, -0.1) is 0 Å². The van der Waals surface area contributed by atoms with Crippen molar-refractivity contribution < 1.29 is 0 Å². The van der Waals surface area contributed by atoms with Crippen molar-refractivity contribution in [2.24, 2.45) is 5.41 Å². The van der Waals surface area contributed by atoms with Crippen LogP contribution < -0.4 is 5.73 Å². The van der Waals surface area contributed by atoms with E-state index in [0.29, 0.717) is 22.3 Å². The van der Waals surface area contributed by atoms with Crippen LogP contribution in [0.2, 0.25) is 5.02 Å². The molecule has 1 fully saturated rings. The first-order valence-corrected chi connectivity index (χ1v) is 5.36. The lowest BCUT2D eigenvalue weighted by Gasteiger charge is -2.17. The van der Waals surface area contributed by atoms with Crippen molar-refractivity contribution in [1.82, 2.24) is 9.78 Å². The van der Waals surface area contributed by atoms with E-state index >= 15 is 0 Å². The van der Waals surface area contributed by atoms with Gasteiger partial charge in [0.15, 0.2) is 0 Å². The molecular formula is C10H16ClN3. The second-order valence-electron chi connectivity index (χ2n) is 4.88. The first-order chi connectivity index (χ1) is 6.49. The Hall–Kier alpha value is -0.700. The molecule has 0 spiro atoms. The van der Waals surface area contributed by atoms with Gasteiger partial charge in [-0.2, -0.15) is 5.10 Å². The zero-order chi connectivity index (χ0) is 10.3. The molecule has 14 heavy (non-hydrogen) atoms. The zero-order valence-corrected chi connectivity index (χ0v) is 9.38. The zero-order valence-electron chi connectivity index (χ0n) is 8.63. The topological polar surface area (TPSA) is 43.8 Å². The van der Waals surface area contributed by atoms with Crippen molar-refractivity contribution in [2.75, 3.05) is 5.73 Å². The molecule has 1 aliphatic carbocycles. The smallest absolute Gasteiger partial charge is 0.140 e. The normalized spacial score (nSPS) is 25.5. The van der Waals surface area contributed by atoms with E-state index in [1.54, 1.807) is 6.20 Å². The lowest BCUT2D eigenvalue weighted by molar-refractivity contribution is 0.351. The summed E-state index contributed by atoms with van der Waals surface area (Å²) in [6.07, 6.45) is 5.14. The maximum absolute atomic E-state index is 5.87. The molecule has 1 heterocycles. The van der Waals surface area contributed by atoms with Crippen LogP contribution in [0.3, 0.4) is 0 Å². The van der Waals surface area contributed by atoms with Gasteiger partial charge in [-0.05, 0) is 24.7 Å². The Morgan fingerprint density at radius 3 is 2.79 bits per heavy atom. The predicted molar refractivity (Wildman–Crippen MR) is 58.3 cm³/mol. The summed E-state index contributed by atoms with van der Waals surface area (Å²) in [5.74, 6) is 0.606. The molecule has 1 aromatic heterocycles. The first kappa shape index (κ1) is 9.84. The molecule has 3 nitrogen and oxygen atoms in total. The lowest BCUT2D eigenvalue weighted by Crippen LogP contribution is -2.12. The van der Waals surface area contributed by atoms with E-state index in [2.05, 4.69) is 18.9 Å². The van der Waals surface area contributed by atoms with Crippen LogP contribution in [0, 0.1) is 5.41 Å². The summed E-state index contributed by atoms with van der Waals surface area (Å²) in [6, 6.07) is 0.428. The minimum Gasteiger partial charge on any atom is -0.383 e. The van der Waals surface area contributed by atoms with Gasteiger partial charge >= 0.3 is 0 Å². The van der Waals surface area contributed by atoms with E-state index in [4.69, 9.17) is 17.3 Å². The van der Waals surface area contributed by atoms with Gasteiger partial charge < -0.3 is 5.73 Å². The minimum absolute atomic E-state index is 0.412. The van der Waals surface area contributed by atoms with Gasteiger partial charge in [0, 0.05) is 0 Å². The number of rotatable bonds is 1. The van der Waals surface area contributed by atoms with Crippen molar-refractivity contribution in [3.05, 3.63) is 11.2 Å². The molecule has 1 aliphatic rings. The second-order valence-corrected chi connectivity index (χ2v) is 5.29. The average Bonchev–Trinajstić information content (AvgIpc) is 2.59. The first-order valence-electron chi connectivity index (χ1n) is 4.98. The van der Waals surface area contributed by atoms with Crippen LogP contribution in [-0.4, -0.2) is 9.78 Å². The van der Waals surface area contributed by atoms with E-state index in [1.165, 1.54) is 6.42 Å². The number of halogens is 1. The van der Waals surface area contributed by atoms with Crippen LogP contribution in [0.1, 0.15) is 39.2 Å². The van der Waals surface area contributed by atoms with Gasteiger partial charge in [0.25, 0.3) is 0 Å². The van der Waals surface area contributed by atoms with Crippen LogP contribution >= 0.6 is 11.6 Å². The van der Waals surface area contributed by atoms with E-state index < -0.39 is 0 Å². The molecule has 1 unspecified atom stereocenters. The van der Waals surface area contributed by atoms with E-state index in [-0.39, 0.29) is 0 Å². The third kappa shape index (κ3) is 1.61. The molecule has 0 saturated heterocycles. The molecule has 0 aromatic carbocycles. The van der Waals surface area contributed by atoms with Crippen LogP contribution in [0.4, 0.5) is 5.82 Å². The summed E-state index contributed by atoms with van der Waals surface area (Å²) in [5.41, 5.74) is 6.25. The predicted octanol–water partition coefficient (Wildman–Crippen LogP) is 2.87. The Morgan fingerprint density at radius 1 is 1.64 bits per heavy atom. The van der Waals surface area contributed by atoms with Gasteiger partial charge in [-0.1, -0.05) is 25.4 Å². The highest BCUT2D eigenvalue weighted by Gasteiger charge is 2.33. The molecule has 1 aromatic rings. The molecule has 0 amide bonds. The maximum atomic E-state index is 5.87. The van der Waals surface area contributed by atoms with Gasteiger partial charge in [0.05, 0.1) is 12.2 Å². The van der Waals surface area contributed by atoms with Crippen molar-refractivity contribution in [1.29, 1.82) is 0 Å². The summed E-state index contributed by atoms with van der Waals surface area (Å²) in [5, 5.41) is 4.79. The summed E-state index contributed by atoms with van der Waals surface area (Å²) in [4.78, 5) is 0. The molecule has 1 atom stereocenters. The number of nitrogens with two attached hydrogens (primary N) is 1. The molecule has 2 N–H and O–H groups in total. The van der Waals surface area contributed by atoms with Crippen LogP contribution in [0.5, 0.6) is 0 Å². The monoisotopic (exact) mass is 213 g/mol. The largest absolute Gasteiger partial charge is 0.383 e. The molecule has 78 valence electrons. The summed E-state index contributed by atoms with van der Waals surface area (Å²) in [7, 11) is 0. The Balaban J connectivity index is 2.22. The van der Waals surface area contributed by atoms with Crippen LogP contribution in [0.25, 0.3) is 0 Å². The number of hydrogen-bond donors (Lipinski definition) is 1. The summed E-state index contributed by atoms with van der Waals surface area (Å²) >= 11 is 5.87. The minimum atomic E-state index is 0.412. The Bertz CT molecular complexity index is 343. The molecular weight excluding hydrogens is 198 g/mol. The number of nitrogen functional groups attached to an aromatic ring is 1. The molecule has 0 aliphatic heterocycles. The highest BCUT2D eigenvalue weighted by Crippen LogP contribution is 2.44. The van der Waals surface area contributed by atoms with Crippen molar-refractivity contribution in [2.45, 2.75) is 39.2 Å².